The summed E-state index contributed by atoms with van der Waals surface area (Å²) in [5.41, 5.74) is 4.69. The Kier molecular flexibility index (Phi) is 11.1. The van der Waals surface area contributed by atoms with Crippen LogP contribution in [0.1, 0.15) is 57.5 Å². The number of aryl methyl sites for hydroxylation is 1. The van der Waals surface area contributed by atoms with E-state index < -0.39 is 0 Å². The zero-order valence-electron chi connectivity index (χ0n) is 26.9. The summed E-state index contributed by atoms with van der Waals surface area (Å²) < 4.78 is 11.5. The van der Waals surface area contributed by atoms with Crippen LogP contribution in [0.25, 0.3) is 10.9 Å². The molecule has 1 fully saturated rings. The maximum Gasteiger partial charge on any atom is 0.256 e. The molecule has 0 radical (unpaired) electrons. The number of piperazine rings is 1. The molecule has 0 spiro atoms. The molecule has 1 aliphatic heterocycles. The van der Waals surface area contributed by atoms with E-state index in [1.54, 1.807) is 37.6 Å². The van der Waals surface area contributed by atoms with Gasteiger partial charge in [-0.15, -0.1) is 0 Å². The fourth-order valence-corrected chi connectivity index (χ4v) is 5.60. The summed E-state index contributed by atoms with van der Waals surface area (Å²) in [6.45, 7) is 6.14. The van der Waals surface area contributed by atoms with Crippen molar-refractivity contribution >= 4 is 40.0 Å². The third kappa shape index (κ3) is 8.32. The maximum absolute atomic E-state index is 13.4. The summed E-state index contributed by atoms with van der Waals surface area (Å²) in [5, 5.41) is 6.79. The number of hydrogen-bond donors (Lipinski definition) is 3. The Labute approximate surface area is 270 Å². The number of aromatic amines is 1. The Morgan fingerprint density at radius 1 is 0.870 bits per heavy atom. The summed E-state index contributed by atoms with van der Waals surface area (Å²) in [6.07, 6.45) is 4.89. The molecule has 46 heavy (non-hydrogen) atoms. The number of methoxy groups -OCH3 is 1. The van der Waals surface area contributed by atoms with Gasteiger partial charge in [-0.3, -0.25) is 14.4 Å². The number of benzene rings is 3. The van der Waals surface area contributed by atoms with Crippen molar-refractivity contribution in [1.82, 2.24) is 14.8 Å². The van der Waals surface area contributed by atoms with Crippen LogP contribution in [0.4, 0.5) is 11.4 Å². The van der Waals surface area contributed by atoms with Crippen molar-refractivity contribution in [3.63, 3.8) is 0 Å². The Balaban J connectivity index is 1.17. The van der Waals surface area contributed by atoms with Gasteiger partial charge in [0, 0.05) is 79.2 Å². The van der Waals surface area contributed by atoms with Crippen molar-refractivity contribution in [2.24, 2.45) is 0 Å². The largest absolute Gasteiger partial charge is 0.491 e. The standard InChI is InChI=1S/C36H43N5O5/c1-25-11-13-32(33(22-25)46-21-6-4-5-10-34(42)41-19-17-40(2)18-20-41)39-35(43)26-12-14-30(27(23-26)24-45-3)38-36(44)29-8-7-9-31-28(29)15-16-37-31/h7-9,11-16,22-23,37H,4-6,10,17-21,24H2,1-3H3,(H,38,44)(H,39,43). The Bertz CT molecular complexity index is 1670. The van der Waals surface area contributed by atoms with Crippen LogP contribution in [0.15, 0.2) is 66.9 Å². The van der Waals surface area contributed by atoms with Crippen LogP contribution < -0.4 is 15.4 Å². The molecule has 0 aliphatic carbocycles. The van der Waals surface area contributed by atoms with Crippen molar-refractivity contribution in [3.05, 3.63) is 89.1 Å². The van der Waals surface area contributed by atoms with Gasteiger partial charge in [-0.2, -0.15) is 0 Å². The van der Waals surface area contributed by atoms with Crippen LogP contribution in [-0.2, 0) is 16.1 Å². The molecular weight excluding hydrogens is 582 g/mol. The van der Waals surface area contributed by atoms with Crippen LogP contribution in [0, 0.1) is 6.92 Å². The van der Waals surface area contributed by atoms with Crippen LogP contribution in [0.2, 0.25) is 0 Å². The van der Waals surface area contributed by atoms with Gasteiger partial charge in [0.15, 0.2) is 0 Å². The molecule has 10 nitrogen and oxygen atoms in total. The van der Waals surface area contributed by atoms with Gasteiger partial charge in [0.1, 0.15) is 5.75 Å². The van der Waals surface area contributed by atoms with Gasteiger partial charge < -0.3 is 34.9 Å². The average Bonchev–Trinajstić information content (AvgIpc) is 3.54. The Hall–Kier alpha value is -4.67. The first-order valence-corrected chi connectivity index (χ1v) is 15.8. The predicted octanol–water partition coefficient (Wildman–Crippen LogP) is 5.84. The van der Waals surface area contributed by atoms with E-state index in [9.17, 15) is 14.4 Å². The van der Waals surface area contributed by atoms with Gasteiger partial charge in [0.2, 0.25) is 5.91 Å². The van der Waals surface area contributed by atoms with Crippen molar-refractivity contribution in [3.8, 4) is 5.75 Å². The molecule has 0 unspecified atom stereocenters. The lowest BCUT2D eigenvalue weighted by atomic mass is 10.1. The lowest BCUT2D eigenvalue weighted by Gasteiger charge is -2.32. The number of ether oxygens (including phenoxy) is 2. The summed E-state index contributed by atoms with van der Waals surface area (Å²) in [7, 11) is 3.65. The number of carbonyl (C=O) groups is 3. The second-order valence-corrected chi connectivity index (χ2v) is 11.8. The predicted molar refractivity (Wildman–Crippen MR) is 181 cm³/mol. The number of fused-ring (bicyclic) bond motifs is 1. The highest BCUT2D eigenvalue weighted by atomic mass is 16.5. The summed E-state index contributed by atoms with van der Waals surface area (Å²) in [6, 6.07) is 18.2. The van der Waals surface area contributed by atoms with E-state index in [1.165, 1.54) is 0 Å². The summed E-state index contributed by atoms with van der Waals surface area (Å²) in [4.78, 5) is 46.4. The molecule has 2 heterocycles. The second kappa shape index (κ2) is 15.6. The molecule has 0 bridgehead atoms. The van der Waals surface area contributed by atoms with E-state index in [0.29, 0.717) is 46.8 Å². The van der Waals surface area contributed by atoms with Gasteiger partial charge >= 0.3 is 0 Å². The molecule has 3 amide bonds. The average molecular weight is 626 g/mol. The van der Waals surface area contributed by atoms with Crippen LogP contribution in [-0.4, -0.2) is 79.4 Å². The molecular formula is C36H43N5O5. The van der Waals surface area contributed by atoms with Gasteiger partial charge in [-0.25, -0.2) is 0 Å². The summed E-state index contributed by atoms with van der Waals surface area (Å²) in [5.74, 6) is 0.282. The van der Waals surface area contributed by atoms with Crippen LogP contribution >= 0.6 is 0 Å². The fraction of sp³-hybridized carbons (Fsp3) is 0.361. The molecule has 0 saturated carbocycles. The summed E-state index contributed by atoms with van der Waals surface area (Å²) >= 11 is 0. The highest BCUT2D eigenvalue weighted by Gasteiger charge is 2.19. The number of H-pyrrole nitrogens is 1. The first kappa shape index (κ1) is 32.7. The molecule has 3 N–H and O–H groups in total. The van der Waals surface area contributed by atoms with E-state index in [1.807, 2.05) is 48.2 Å². The monoisotopic (exact) mass is 625 g/mol. The van der Waals surface area contributed by atoms with Crippen LogP contribution in [0.5, 0.6) is 5.75 Å². The number of anilines is 2. The SMILES string of the molecule is COCc1cc(C(=O)Nc2ccc(C)cc2OCCCCCC(=O)N2CCN(C)CC2)ccc1NC(=O)c1cccc2[nH]ccc12. The number of nitrogens with one attached hydrogen (secondary N) is 3. The number of unbranched alkanes of at least 4 members (excludes halogenated alkanes) is 2. The molecule has 1 saturated heterocycles. The normalized spacial score (nSPS) is 13.5. The molecule has 1 aromatic heterocycles. The number of amides is 3. The number of carbonyl (C=O) groups excluding carboxylic acids is 3. The van der Waals surface area contributed by atoms with Crippen molar-refractivity contribution in [1.29, 1.82) is 0 Å². The fourth-order valence-electron chi connectivity index (χ4n) is 5.60. The lowest BCUT2D eigenvalue weighted by Crippen LogP contribution is -2.47. The first-order valence-electron chi connectivity index (χ1n) is 15.8. The van der Waals surface area contributed by atoms with E-state index in [-0.39, 0.29) is 24.3 Å². The Morgan fingerprint density at radius 2 is 1.65 bits per heavy atom. The molecule has 4 aromatic rings. The van der Waals surface area contributed by atoms with Gasteiger partial charge in [0.25, 0.3) is 11.8 Å². The quantitative estimate of drug-likeness (QED) is 0.161. The number of likely N-dealkylation sites (N-methyl/N-ethyl adjacent to an activating group) is 1. The van der Waals surface area contributed by atoms with E-state index >= 15 is 0 Å². The third-order valence-electron chi connectivity index (χ3n) is 8.29. The zero-order valence-corrected chi connectivity index (χ0v) is 26.9. The van der Waals surface area contributed by atoms with Gasteiger partial charge in [-0.1, -0.05) is 12.1 Å². The zero-order chi connectivity index (χ0) is 32.5. The smallest absolute Gasteiger partial charge is 0.256 e. The number of hydrogen-bond acceptors (Lipinski definition) is 6. The third-order valence-corrected chi connectivity index (χ3v) is 8.29. The van der Waals surface area contributed by atoms with Gasteiger partial charge in [-0.05, 0) is 87.3 Å². The number of nitrogens with zero attached hydrogens (tertiary/aromatic N) is 2. The first-order chi connectivity index (χ1) is 22.3. The highest BCUT2D eigenvalue weighted by molar-refractivity contribution is 6.13. The highest BCUT2D eigenvalue weighted by Crippen LogP contribution is 2.28. The number of rotatable bonds is 13. The molecule has 242 valence electrons. The lowest BCUT2D eigenvalue weighted by molar-refractivity contribution is -0.132. The minimum atomic E-state index is -0.302. The molecule has 3 aromatic carbocycles. The minimum Gasteiger partial charge on any atom is -0.491 e. The molecule has 1 aliphatic rings. The molecule has 0 atom stereocenters. The molecule has 10 heteroatoms. The topological polar surface area (TPSA) is 116 Å². The van der Waals surface area contributed by atoms with E-state index in [0.717, 1.165) is 61.9 Å². The maximum atomic E-state index is 13.4. The second-order valence-electron chi connectivity index (χ2n) is 11.8. The Morgan fingerprint density at radius 3 is 2.46 bits per heavy atom. The van der Waals surface area contributed by atoms with Crippen LogP contribution in [0.3, 0.4) is 0 Å². The van der Waals surface area contributed by atoms with E-state index in [4.69, 9.17) is 9.47 Å². The van der Waals surface area contributed by atoms with Crippen molar-refractivity contribution in [2.45, 2.75) is 39.2 Å². The van der Waals surface area contributed by atoms with Crippen molar-refractivity contribution < 1.29 is 23.9 Å². The minimum absolute atomic E-state index is 0.213. The molecule has 5 rings (SSSR count). The van der Waals surface area contributed by atoms with Gasteiger partial charge in [0.05, 0.1) is 18.9 Å². The van der Waals surface area contributed by atoms with E-state index in [2.05, 4.69) is 27.6 Å². The number of aromatic nitrogens is 1. The van der Waals surface area contributed by atoms with Crippen molar-refractivity contribution in [2.75, 3.05) is 57.6 Å².